The first-order chi connectivity index (χ1) is 7.31. The maximum atomic E-state index is 11.8. The van der Waals surface area contributed by atoms with E-state index in [0.717, 1.165) is 19.3 Å². The SMILES string of the molecule is N#CCCCNC(=O)C1CC2CCC1N2. The summed E-state index contributed by atoms with van der Waals surface area (Å²) in [6, 6.07) is 3.06. The average molecular weight is 207 g/mol. The molecule has 4 nitrogen and oxygen atoms in total. The Hall–Kier alpha value is -1.08. The summed E-state index contributed by atoms with van der Waals surface area (Å²) in [5.74, 6) is 0.346. The Morgan fingerprint density at radius 3 is 3.00 bits per heavy atom. The van der Waals surface area contributed by atoms with E-state index in [1.807, 2.05) is 0 Å². The third-order valence-corrected chi connectivity index (χ3v) is 3.40. The van der Waals surface area contributed by atoms with Gasteiger partial charge in [-0.25, -0.2) is 0 Å². The van der Waals surface area contributed by atoms with Crippen molar-refractivity contribution in [2.75, 3.05) is 6.54 Å². The smallest absolute Gasteiger partial charge is 0.224 e. The van der Waals surface area contributed by atoms with Gasteiger partial charge >= 0.3 is 0 Å². The van der Waals surface area contributed by atoms with Crippen molar-refractivity contribution in [2.24, 2.45) is 5.92 Å². The third kappa shape index (κ3) is 2.29. The normalized spacial score (nSPS) is 32.6. The van der Waals surface area contributed by atoms with Crippen LogP contribution in [0, 0.1) is 17.2 Å². The lowest BCUT2D eigenvalue weighted by Crippen LogP contribution is -2.37. The number of nitriles is 1. The van der Waals surface area contributed by atoms with Crippen LogP contribution >= 0.6 is 0 Å². The first-order valence-corrected chi connectivity index (χ1v) is 5.72. The molecule has 2 N–H and O–H groups in total. The molecule has 2 rings (SSSR count). The van der Waals surface area contributed by atoms with E-state index in [0.29, 0.717) is 25.0 Å². The van der Waals surface area contributed by atoms with Gasteiger partial charge in [0.1, 0.15) is 0 Å². The number of carbonyl (C=O) groups excluding carboxylic acids is 1. The Labute approximate surface area is 90.0 Å². The van der Waals surface area contributed by atoms with Crippen LogP contribution in [0.3, 0.4) is 0 Å². The zero-order valence-electron chi connectivity index (χ0n) is 8.83. The Morgan fingerprint density at radius 1 is 1.53 bits per heavy atom. The van der Waals surface area contributed by atoms with Crippen molar-refractivity contribution < 1.29 is 4.79 Å². The number of unbranched alkanes of at least 4 members (excludes halogenated alkanes) is 1. The van der Waals surface area contributed by atoms with Crippen LogP contribution < -0.4 is 10.6 Å². The fraction of sp³-hybridized carbons (Fsp3) is 0.818. The van der Waals surface area contributed by atoms with Crippen molar-refractivity contribution in [1.29, 1.82) is 5.26 Å². The maximum absolute atomic E-state index is 11.8. The summed E-state index contributed by atoms with van der Waals surface area (Å²) >= 11 is 0. The van der Waals surface area contributed by atoms with Gasteiger partial charge in [-0.15, -0.1) is 0 Å². The fourth-order valence-corrected chi connectivity index (χ4v) is 2.62. The standard InChI is InChI=1S/C11H17N3O/c12-5-1-2-6-13-11(15)9-7-8-3-4-10(9)14-8/h8-10,14H,1-4,6-7H2,(H,13,15). The van der Waals surface area contributed by atoms with Gasteiger partial charge in [0.05, 0.1) is 12.0 Å². The number of amides is 1. The summed E-state index contributed by atoms with van der Waals surface area (Å²) in [4.78, 5) is 11.8. The molecular weight excluding hydrogens is 190 g/mol. The summed E-state index contributed by atoms with van der Waals surface area (Å²) < 4.78 is 0. The quantitative estimate of drug-likeness (QED) is 0.661. The molecule has 2 aliphatic rings. The Balaban J connectivity index is 1.70. The van der Waals surface area contributed by atoms with Crippen LogP contribution in [0.25, 0.3) is 0 Å². The molecule has 2 saturated heterocycles. The van der Waals surface area contributed by atoms with E-state index in [2.05, 4.69) is 16.7 Å². The van der Waals surface area contributed by atoms with Gasteiger partial charge in [0.25, 0.3) is 0 Å². The molecule has 2 bridgehead atoms. The van der Waals surface area contributed by atoms with E-state index in [-0.39, 0.29) is 11.8 Å². The highest BCUT2D eigenvalue weighted by Gasteiger charge is 2.42. The molecule has 15 heavy (non-hydrogen) atoms. The topological polar surface area (TPSA) is 64.9 Å². The molecule has 0 aromatic carbocycles. The predicted molar refractivity (Wildman–Crippen MR) is 55.9 cm³/mol. The average Bonchev–Trinajstić information content (AvgIpc) is 2.85. The minimum Gasteiger partial charge on any atom is -0.356 e. The van der Waals surface area contributed by atoms with Gasteiger partial charge in [0, 0.05) is 25.0 Å². The highest BCUT2D eigenvalue weighted by Crippen LogP contribution is 2.33. The molecule has 0 aromatic rings. The number of hydrogen-bond donors (Lipinski definition) is 2. The van der Waals surface area contributed by atoms with E-state index < -0.39 is 0 Å². The zero-order valence-corrected chi connectivity index (χ0v) is 8.83. The molecule has 2 aliphatic heterocycles. The molecule has 0 radical (unpaired) electrons. The van der Waals surface area contributed by atoms with E-state index in [4.69, 9.17) is 5.26 Å². The fourth-order valence-electron chi connectivity index (χ4n) is 2.62. The second-order valence-electron chi connectivity index (χ2n) is 4.44. The second kappa shape index (κ2) is 4.63. The Kier molecular flexibility index (Phi) is 3.22. The number of rotatable bonds is 4. The minimum atomic E-state index is 0.172. The molecule has 0 aliphatic carbocycles. The number of nitrogens with one attached hydrogen (secondary N) is 2. The highest BCUT2D eigenvalue weighted by atomic mass is 16.1. The van der Waals surface area contributed by atoms with Crippen LogP contribution in [0.1, 0.15) is 32.1 Å². The van der Waals surface area contributed by atoms with Gasteiger partial charge in [0.2, 0.25) is 5.91 Å². The Bertz CT molecular complexity index is 284. The lowest BCUT2D eigenvalue weighted by molar-refractivity contribution is -0.125. The number of nitrogens with zero attached hydrogens (tertiary/aromatic N) is 1. The summed E-state index contributed by atoms with van der Waals surface area (Å²) in [5.41, 5.74) is 0. The lowest BCUT2D eigenvalue weighted by atomic mass is 9.88. The van der Waals surface area contributed by atoms with Gasteiger partial charge in [-0.1, -0.05) is 0 Å². The van der Waals surface area contributed by atoms with Crippen molar-refractivity contribution in [3.63, 3.8) is 0 Å². The zero-order chi connectivity index (χ0) is 10.7. The second-order valence-corrected chi connectivity index (χ2v) is 4.44. The molecule has 0 aromatic heterocycles. The van der Waals surface area contributed by atoms with Crippen LogP contribution in [0.15, 0.2) is 0 Å². The van der Waals surface area contributed by atoms with Gasteiger partial charge in [-0.3, -0.25) is 4.79 Å². The van der Waals surface area contributed by atoms with Gasteiger partial charge < -0.3 is 10.6 Å². The molecule has 0 saturated carbocycles. The van der Waals surface area contributed by atoms with Crippen LogP contribution in [0.4, 0.5) is 0 Å². The van der Waals surface area contributed by atoms with Gasteiger partial charge in [-0.2, -0.15) is 5.26 Å². The number of fused-ring (bicyclic) bond motifs is 2. The minimum absolute atomic E-state index is 0.172. The van der Waals surface area contributed by atoms with Gasteiger partial charge in [0.15, 0.2) is 0 Å². The predicted octanol–water partition coefficient (Wildman–Crippen LogP) is 0.547. The Morgan fingerprint density at radius 2 is 2.40 bits per heavy atom. The van der Waals surface area contributed by atoms with E-state index >= 15 is 0 Å². The first kappa shape index (κ1) is 10.4. The molecular formula is C11H17N3O. The molecule has 3 atom stereocenters. The van der Waals surface area contributed by atoms with Crippen molar-refractivity contribution in [3.05, 3.63) is 0 Å². The van der Waals surface area contributed by atoms with Crippen LogP contribution in [-0.4, -0.2) is 24.5 Å². The largest absolute Gasteiger partial charge is 0.356 e. The summed E-state index contributed by atoms with van der Waals surface area (Å²) in [7, 11) is 0. The molecule has 2 heterocycles. The number of hydrogen-bond acceptors (Lipinski definition) is 3. The summed E-state index contributed by atoms with van der Waals surface area (Å²) in [5, 5.41) is 14.7. The molecule has 4 heteroatoms. The molecule has 0 spiro atoms. The van der Waals surface area contributed by atoms with Crippen molar-refractivity contribution >= 4 is 5.91 Å². The monoisotopic (exact) mass is 207 g/mol. The molecule has 1 amide bonds. The lowest BCUT2D eigenvalue weighted by Gasteiger charge is -2.19. The van der Waals surface area contributed by atoms with Gasteiger partial charge in [-0.05, 0) is 25.7 Å². The summed E-state index contributed by atoms with van der Waals surface area (Å²) in [6.07, 6.45) is 4.64. The van der Waals surface area contributed by atoms with E-state index in [9.17, 15) is 4.79 Å². The first-order valence-electron chi connectivity index (χ1n) is 5.72. The molecule has 3 unspecified atom stereocenters. The highest BCUT2D eigenvalue weighted by molar-refractivity contribution is 5.80. The number of carbonyl (C=O) groups is 1. The van der Waals surface area contributed by atoms with Crippen molar-refractivity contribution in [2.45, 2.75) is 44.2 Å². The van der Waals surface area contributed by atoms with E-state index in [1.54, 1.807) is 0 Å². The maximum Gasteiger partial charge on any atom is 0.224 e. The van der Waals surface area contributed by atoms with E-state index in [1.165, 1.54) is 6.42 Å². The molecule has 2 fully saturated rings. The van der Waals surface area contributed by atoms with Crippen LogP contribution in [0.2, 0.25) is 0 Å². The van der Waals surface area contributed by atoms with Crippen molar-refractivity contribution in [1.82, 2.24) is 10.6 Å². The third-order valence-electron chi connectivity index (χ3n) is 3.40. The van der Waals surface area contributed by atoms with Crippen LogP contribution in [-0.2, 0) is 4.79 Å². The van der Waals surface area contributed by atoms with Crippen molar-refractivity contribution in [3.8, 4) is 6.07 Å². The molecule has 82 valence electrons. The van der Waals surface area contributed by atoms with Crippen LogP contribution in [0.5, 0.6) is 0 Å². The summed E-state index contributed by atoms with van der Waals surface area (Å²) in [6.45, 7) is 0.639.